The van der Waals surface area contributed by atoms with Gasteiger partial charge in [-0.2, -0.15) is 0 Å². The first-order valence-electron chi connectivity index (χ1n) is 6.86. The summed E-state index contributed by atoms with van der Waals surface area (Å²) in [4.78, 5) is 13.7. The lowest BCUT2D eigenvalue weighted by atomic mass is 9.93. The van der Waals surface area contributed by atoms with Crippen LogP contribution in [0, 0.1) is 5.92 Å². The molecule has 0 bridgehead atoms. The molecule has 2 N–H and O–H groups in total. The molecule has 1 amide bonds. The summed E-state index contributed by atoms with van der Waals surface area (Å²) in [7, 11) is 1.62. The maximum atomic E-state index is 12.0. The van der Waals surface area contributed by atoms with E-state index in [-0.39, 0.29) is 12.5 Å². The van der Waals surface area contributed by atoms with Gasteiger partial charge in [-0.25, -0.2) is 0 Å². The molecule has 0 atom stereocenters. The number of piperidine rings is 1. The molecule has 18 heavy (non-hydrogen) atoms. The molecule has 1 fully saturated rings. The summed E-state index contributed by atoms with van der Waals surface area (Å²) < 4.78 is 4.98. The van der Waals surface area contributed by atoms with Gasteiger partial charge < -0.3 is 20.1 Å². The molecule has 0 unspecified atom stereocenters. The number of rotatable bonds is 8. The number of methoxy groups -OCH3 is 1. The summed E-state index contributed by atoms with van der Waals surface area (Å²) in [5, 5.41) is 12.3. The SMILES string of the molecule is COCCN(CCO)C(=O)CCC1CCNCC1. The van der Waals surface area contributed by atoms with Gasteiger partial charge in [0.15, 0.2) is 0 Å². The highest BCUT2D eigenvalue weighted by Crippen LogP contribution is 2.18. The summed E-state index contributed by atoms with van der Waals surface area (Å²) in [6, 6.07) is 0. The van der Waals surface area contributed by atoms with Crippen molar-refractivity contribution in [3.05, 3.63) is 0 Å². The molecule has 1 aliphatic heterocycles. The lowest BCUT2D eigenvalue weighted by Gasteiger charge is -2.25. The van der Waals surface area contributed by atoms with Crippen LogP contribution in [0.4, 0.5) is 0 Å². The smallest absolute Gasteiger partial charge is 0.222 e. The van der Waals surface area contributed by atoms with Crippen molar-refractivity contribution in [2.75, 3.05) is 46.5 Å². The van der Waals surface area contributed by atoms with Crippen LogP contribution < -0.4 is 5.32 Å². The molecule has 5 heteroatoms. The highest BCUT2D eigenvalue weighted by atomic mass is 16.5. The molecule has 1 saturated heterocycles. The first kappa shape index (κ1) is 15.4. The predicted molar refractivity (Wildman–Crippen MR) is 70.4 cm³/mol. The van der Waals surface area contributed by atoms with E-state index in [4.69, 9.17) is 9.84 Å². The van der Waals surface area contributed by atoms with Crippen LogP contribution in [0.2, 0.25) is 0 Å². The summed E-state index contributed by atoms with van der Waals surface area (Å²) >= 11 is 0. The lowest BCUT2D eigenvalue weighted by molar-refractivity contribution is -0.132. The minimum absolute atomic E-state index is 0.0167. The maximum Gasteiger partial charge on any atom is 0.222 e. The van der Waals surface area contributed by atoms with Crippen molar-refractivity contribution in [2.45, 2.75) is 25.7 Å². The number of hydrogen-bond donors (Lipinski definition) is 2. The van der Waals surface area contributed by atoms with E-state index in [1.54, 1.807) is 12.0 Å². The van der Waals surface area contributed by atoms with Crippen LogP contribution in [0.3, 0.4) is 0 Å². The molecular formula is C13H26N2O3. The largest absolute Gasteiger partial charge is 0.395 e. The first-order valence-corrected chi connectivity index (χ1v) is 6.86. The Kier molecular flexibility index (Phi) is 7.96. The van der Waals surface area contributed by atoms with Crippen LogP contribution >= 0.6 is 0 Å². The summed E-state index contributed by atoms with van der Waals surface area (Å²) in [5.41, 5.74) is 0. The molecule has 0 aliphatic carbocycles. The Bertz CT molecular complexity index is 230. The highest BCUT2D eigenvalue weighted by Gasteiger charge is 2.17. The van der Waals surface area contributed by atoms with E-state index in [0.717, 1.165) is 19.5 Å². The molecule has 0 saturated carbocycles. The number of aliphatic hydroxyl groups is 1. The Morgan fingerprint density at radius 2 is 2.11 bits per heavy atom. The Labute approximate surface area is 109 Å². The van der Waals surface area contributed by atoms with Crippen LogP contribution in [0.15, 0.2) is 0 Å². The van der Waals surface area contributed by atoms with Gasteiger partial charge in [-0.1, -0.05) is 0 Å². The van der Waals surface area contributed by atoms with Crippen molar-refractivity contribution in [1.82, 2.24) is 10.2 Å². The average Bonchev–Trinajstić information content (AvgIpc) is 2.42. The van der Waals surface area contributed by atoms with E-state index in [1.165, 1.54) is 12.8 Å². The molecule has 0 aromatic carbocycles. The summed E-state index contributed by atoms with van der Waals surface area (Å²) in [6.45, 7) is 3.67. The van der Waals surface area contributed by atoms with Gasteiger partial charge >= 0.3 is 0 Å². The van der Waals surface area contributed by atoms with Crippen molar-refractivity contribution in [1.29, 1.82) is 0 Å². The topological polar surface area (TPSA) is 61.8 Å². The Morgan fingerprint density at radius 3 is 2.72 bits per heavy atom. The van der Waals surface area contributed by atoms with Crippen LogP contribution in [0.5, 0.6) is 0 Å². The normalized spacial score (nSPS) is 16.8. The quantitative estimate of drug-likeness (QED) is 0.654. The molecule has 1 aliphatic rings. The van der Waals surface area contributed by atoms with Gasteiger partial charge in [0.1, 0.15) is 0 Å². The number of nitrogens with one attached hydrogen (secondary N) is 1. The zero-order valence-corrected chi connectivity index (χ0v) is 11.4. The zero-order chi connectivity index (χ0) is 13.2. The number of amides is 1. The minimum atomic E-state index is 0.0167. The van der Waals surface area contributed by atoms with E-state index < -0.39 is 0 Å². The number of hydrogen-bond acceptors (Lipinski definition) is 4. The van der Waals surface area contributed by atoms with Crippen LogP contribution in [-0.4, -0.2) is 62.4 Å². The Hall–Kier alpha value is -0.650. The van der Waals surface area contributed by atoms with Gasteiger partial charge in [0, 0.05) is 26.6 Å². The number of ether oxygens (including phenoxy) is 1. The van der Waals surface area contributed by atoms with E-state index in [2.05, 4.69) is 5.32 Å². The van der Waals surface area contributed by atoms with Crippen molar-refractivity contribution >= 4 is 5.91 Å². The number of aliphatic hydroxyl groups excluding tert-OH is 1. The predicted octanol–water partition coefficient (Wildman–Crippen LogP) is 0.234. The maximum absolute atomic E-state index is 12.0. The molecular weight excluding hydrogens is 232 g/mol. The first-order chi connectivity index (χ1) is 8.77. The van der Waals surface area contributed by atoms with Crippen LogP contribution in [0.1, 0.15) is 25.7 Å². The van der Waals surface area contributed by atoms with Crippen LogP contribution in [-0.2, 0) is 9.53 Å². The number of carbonyl (C=O) groups is 1. The third-order valence-corrected chi connectivity index (χ3v) is 3.51. The zero-order valence-electron chi connectivity index (χ0n) is 11.4. The van der Waals surface area contributed by atoms with Gasteiger partial charge in [-0.05, 0) is 38.3 Å². The second-order valence-corrected chi connectivity index (χ2v) is 4.83. The number of carbonyl (C=O) groups excluding carboxylic acids is 1. The van der Waals surface area contributed by atoms with Crippen molar-refractivity contribution in [2.24, 2.45) is 5.92 Å². The molecule has 0 radical (unpaired) electrons. The van der Waals surface area contributed by atoms with Gasteiger partial charge in [0.05, 0.1) is 13.2 Å². The third-order valence-electron chi connectivity index (χ3n) is 3.51. The van der Waals surface area contributed by atoms with Crippen molar-refractivity contribution < 1.29 is 14.6 Å². The second-order valence-electron chi connectivity index (χ2n) is 4.83. The molecule has 0 spiro atoms. The molecule has 1 heterocycles. The van der Waals surface area contributed by atoms with Crippen molar-refractivity contribution in [3.8, 4) is 0 Å². The summed E-state index contributed by atoms with van der Waals surface area (Å²) in [5.74, 6) is 0.813. The van der Waals surface area contributed by atoms with E-state index in [1.807, 2.05) is 0 Å². The molecule has 106 valence electrons. The molecule has 0 aromatic heterocycles. The fraction of sp³-hybridized carbons (Fsp3) is 0.923. The minimum Gasteiger partial charge on any atom is -0.395 e. The Balaban J connectivity index is 2.26. The number of nitrogens with zero attached hydrogens (tertiary/aromatic N) is 1. The standard InChI is InChI=1S/C13H26N2O3/c1-18-11-9-15(8-10-16)13(17)3-2-12-4-6-14-7-5-12/h12,14,16H,2-11H2,1H3. The van der Waals surface area contributed by atoms with E-state index in [9.17, 15) is 4.79 Å². The van der Waals surface area contributed by atoms with Gasteiger partial charge in [-0.3, -0.25) is 4.79 Å². The third kappa shape index (κ3) is 5.80. The van der Waals surface area contributed by atoms with Crippen LogP contribution in [0.25, 0.3) is 0 Å². The van der Waals surface area contributed by atoms with Gasteiger partial charge in [0.2, 0.25) is 5.91 Å². The lowest BCUT2D eigenvalue weighted by Crippen LogP contribution is -2.36. The second kappa shape index (κ2) is 9.30. The van der Waals surface area contributed by atoms with E-state index >= 15 is 0 Å². The van der Waals surface area contributed by atoms with E-state index in [0.29, 0.717) is 32.0 Å². The highest BCUT2D eigenvalue weighted by molar-refractivity contribution is 5.76. The molecule has 1 rings (SSSR count). The Morgan fingerprint density at radius 1 is 1.39 bits per heavy atom. The van der Waals surface area contributed by atoms with Gasteiger partial charge in [-0.15, -0.1) is 0 Å². The van der Waals surface area contributed by atoms with Gasteiger partial charge in [0.25, 0.3) is 0 Å². The van der Waals surface area contributed by atoms with Crippen molar-refractivity contribution in [3.63, 3.8) is 0 Å². The fourth-order valence-corrected chi connectivity index (χ4v) is 2.34. The fourth-order valence-electron chi connectivity index (χ4n) is 2.34. The molecule has 5 nitrogen and oxygen atoms in total. The molecule has 0 aromatic rings. The summed E-state index contributed by atoms with van der Waals surface area (Å²) in [6.07, 6.45) is 3.90. The average molecular weight is 258 g/mol. The monoisotopic (exact) mass is 258 g/mol.